The van der Waals surface area contributed by atoms with Crippen LogP contribution in [0.3, 0.4) is 0 Å². The van der Waals surface area contributed by atoms with E-state index in [9.17, 15) is 13.2 Å². The molecule has 0 aliphatic carbocycles. The fourth-order valence-corrected chi connectivity index (χ4v) is 5.96. The van der Waals surface area contributed by atoms with Crippen molar-refractivity contribution >= 4 is 59.9 Å². The number of benzene rings is 4. The number of fused-ring (bicyclic) bond motifs is 7. The molecule has 3 heterocycles. The van der Waals surface area contributed by atoms with Gasteiger partial charge in [-0.25, -0.2) is 4.57 Å². The SMILES string of the molecule is Cc1c2ccccc2c(C)c2c1c1c3c(cc(C(F)(F)F)c4c5ccccc5n2c43)nc[n+]1C. The Balaban J connectivity index is 1.99. The van der Waals surface area contributed by atoms with E-state index in [-0.39, 0.29) is 5.39 Å². The van der Waals surface area contributed by atoms with Gasteiger partial charge in [0.1, 0.15) is 5.52 Å². The largest absolute Gasteiger partial charge is 0.417 e. The summed E-state index contributed by atoms with van der Waals surface area (Å²) in [7, 11) is 1.91. The van der Waals surface area contributed by atoms with Crippen LogP contribution in [0.2, 0.25) is 0 Å². The zero-order valence-corrected chi connectivity index (χ0v) is 18.7. The third-order valence-corrected chi connectivity index (χ3v) is 7.35. The third kappa shape index (κ3) is 2.18. The number of alkyl halides is 3. The van der Waals surface area contributed by atoms with Gasteiger partial charge < -0.3 is 4.40 Å². The molecule has 0 saturated heterocycles. The highest BCUT2D eigenvalue weighted by atomic mass is 19.4. The molecule has 3 nitrogen and oxygen atoms in total. The lowest BCUT2D eigenvalue weighted by molar-refractivity contribution is -0.646. The molecule has 0 N–H and O–H groups in total. The minimum Gasteiger partial charge on any atom is -0.307 e. The summed E-state index contributed by atoms with van der Waals surface area (Å²) in [5, 5.41) is 4.89. The summed E-state index contributed by atoms with van der Waals surface area (Å²) in [4.78, 5) is 4.45. The van der Waals surface area contributed by atoms with E-state index in [2.05, 4.69) is 31.0 Å². The molecule has 3 aromatic heterocycles. The molecule has 0 atom stereocenters. The Bertz CT molecular complexity index is 1980. The molecule has 0 aliphatic rings. The summed E-state index contributed by atoms with van der Waals surface area (Å²) in [6, 6.07) is 16.8. The highest BCUT2D eigenvalue weighted by Crippen LogP contribution is 2.47. The second-order valence-corrected chi connectivity index (χ2v) is 9.12. The van der Waals surface area contributed by atoms with E-state index in [1.807, 2.05) is 40.3 Å². The fraction of sp³-hybridized carbons (Fsp3) is 0.143. The van der Waals surface area contributed by atoms with Crippen molar-refractivity contribution < 1.29 is 17.7 Å². The summed E-state index contributed by atoms with van der Waals surface area (Å²) >= 11 is 0. The fourth-order valence-electron chi connectivity index (χ4n) is 5.96. The first-order valence-electron chi connectivity index (χ1n) is 11.1. The molecular weight excluding hydrogens is 435 g/mol. The average Bonchev–Trinajstić information content (AvgIpc) is 3.17. The second-order valence-electron chi connectivity index (χ2n) is 9.12. The lowest BCUT2D eigenvalue weighted by atomic mass is 9.93. The lowest BCUT2D eigenvalue weighted by Gasteiger charge is -2.18. The maximum Gasteiger partial charge on any atom is 0.417 e. The molecule has 7 aromatic rings. The van der Waals surface area contributed by atoms with Crippen LogP contribution in [-0.2, 0) is 13.2 Å². The zero-order chi connectivity index (χ0) is 23.5. The first-order chi connectivity index (χ1) is 16.3. The normalized spacial score (nSPS) is 13.0. The highest BCUT2D eigenvalue weighted by Gasteiger charge is 2.37. The molecular formula is C28H19F3N3+. The van der Waals surface area contributed by atoms with Gasteiger partial charge in [0.2, 0.25) is 0 Å². The Labute approximate surface area is 192 Å². The summed E-state index contributed by atoms with van der Waals surface area (Å²) < 4.78 is 47.1. The summed E-state index contributed by atoms with van der Waals surface area (Å²) in [5.74, 6) is 0. The Hall–Kier alpha value is -3.93. The van der Waals surface area contributed by atoms with Crippen molar-refractivity contribution in [3.05, 3.63) is 77.6 Å². The standard InChI is InChI=1S/C28H19F3N3/c1-14-16-8-4-5-9-17(16)15(2)25-22(14)26-24-20(32-13-33(26)3)12-19(28(29,30)31)23-18-10-6-7-11-21(18)34(25)27(23)24/h4-13H,1-3H3/q+1. The van der Waals surface area contributed by atoms with Crippen molar-refractivity contribution in [2.45, 2.75) is 20.0 Å². The van der Waals surface area contributed by atoms with Crippen molar-refractivity contribution in [3.63, 3.8) is 0 Å². The van der Waals surface area contributed by atoms with Crippen LogP contribution in [0.1, 0.15) is 16.7 Å². The second kappa shape index (κ2) is 6.14. The predicted octanol–water partition coefficient (Wildman–Crippen LogP) is 7.00. The van der Waals surface area contributed by atoms with Gasteiger partial charge in [0.05, 0.1) is 39.9 Å². The van der Waals surface area contributed by atoms with Crippen LogP contribution in [0, 0.1) is 13.8 Å². The maximum absolute atomic E-state index is 14.4. The van der Waals surface area contributed by atoms with Crippen molar-refractivity contribution in [2.24, 2.45) is 7.05 Å². The Morgan fingerprint density at radius 2 is 1.44 bits per heavy atom. The molecule has 0 saturated carbocycles. The van der Waals surface area contributed by atoms with Gasteiger partial charge in [-0.1, -0.05) is 42.5 Å². The molecule has 0 unspecified atom stereocenters. The topological polar surface area (TPSA) is 21.2 Å². The molecule has 6 heteroatoms. The van der Waals surface area contributed by atoms with E-state index in [1.54, 1.807) is 18.5 Å². The number of aryl methyl sites for hydroxylation is 3. The van der Waals surface area contributed by atoms with Crippen LogP contribution in [0.25, 0.3) is 59.9 Å². The molecule has 0 spiro atoms. The van der Waals surface area contributed by atoms with Crippen LogP contribution >= 0.6 is 0 Å². The predicted molar refractivity (Wildman–Crippen MR) is 130 cm³/mol. The number of nitrogens with zero attached hydrogens (tertiary/aromatic N) is 3. The summed E-state index contributed by atoms with van der Waals surface area (Å²) in [6.07, 6.45) is -2.88. The quantitative estimate of drug-likeness (QED) is 0.137. The summed E-state index contributed by atoms with van der Waals surface area (Å²) in [6.45, 7) is 4.17. The Morgan fingerprint density at radius 3 is 2.15 bits per heavy atom. The number of para-hydroxylation sites is 1. The van der Waals surface area contributed by atoms with Gasteiger partial charge >= 0.3 is 6.18 Å². The zero-order valence-electron chi connectivity index (χ0n) is 18.7. The van der Waals surface area contributed by atoms with E-state index in [0.29, 0.717) is 16.4 Å². The van der Waals surface area contributed by atoms with E-state index in [0.717, 1.165) is 49.2 Å². The van der Waals surface area contributed by atoms with Crippen molar-refractivity contribution in [3.8, 4) is 0 Å². The Morgan fingerprint density at radius 1 is 0.794 bits per heavy atom. The van der Waals surface area contributed by atoms with Crippen LogP contribution in [0.15, 0.2) is 60.9 Å². The maximum atomic E-state index is 14.4. The number of hydrogen-bond donors (Lipinski definition) is 0. The van der Waals surface area contributed by atoms with Gasteiger partial charge in [-0.05, 0) is 46.8 Å². The van der Waals surface area contributed by atoms with Crippen molar-refractivity contribution in [1.29, 1.82) is 0 Å². The molecule has 4 aromatic carbocycles. The minimum absolute atomic E-state index is 0.237. The van der Waals surface area contributed by atoms with Crippen LogP contribution < -0.4 is 4.57 Å². The molecule has 7 rings (SSSR count). The van der Waals surface area contributed by atoms with Crippen LogP contribution in [-0.4, -0.2) is 9.38 Å². The first-order valence-corrected chi connectivity index (χ1v) is 11.1. The molecule has 0 amide bonds. The Kier molecular flexibility index (Phi) is 3.53. The minimum atomic E-state index is -4.50. The number of halogens is 3. The van der Waals surface area contributed by atoms with Gasteiger partial charge in [0.15, 0.2) is 5.52 Å². The molecule has 34 heavy (non-hydrogen) atoms. The van der Waals surface area contributed by atoms with E-state index in [4.69, 9.17) is 0 Å². The number of aromatic nitrogens is 3. The molecule has 166 valence electrons. The van der Waals surface area contributed by atoms with E-state index >= 15 is 0 Å². The van der Waals surface area contributed by atoms with Gasteiger partial charge in [0, 0.05) is 16.8 Å². The molecule has 0 radical (unpaired) electrons. The first kappa shape index (κ1) is 19.5. The highest BCUT2D eigenvalue weighted by molar-refractivity contribution is 6.29. The van der Waals surface area contributed by atoms with E-state index < -0.39 is 11.7 Å². The smallest absolute Gasteiger partial charge is 0.307 e. The molecule has 0 bridgehead atoms. The monoisotopic (exact) mass is 454 g/mol. The number of hydrogen-bond acceptors (Lipinski definition) is 1. The van der Waals surface area contributed by atoms with Crippen molar-refractivity contribution in [2.75, 3.05) is 0 Å². The van der Waals surface area contributed by atoms with Gasteiger partial charge in [0.25, 0.3) is 6.33 Å². The van der Waals surface area contributed by atoms with Crippen molar-refractivity contribution in [1.82, 2.24) is 9.38 Å². The van der Waals surface area contributed by atoms with Gasteiger partial charge in [-0.3, -0.25) is 0 Å². The lowest BCUT2D eigenvalue weighted by Crippen LogP contribution is -2.30. The summed E-state index contributed by atoms with van der Waals surface area (Å²) in [5.41, 5.74) is 5.06. The van der Waals surface area contributed by atoms with E-state index in [1.165, 1.54) is 6.07 Å². The van der Waals surface area contributed by atoms with Crippen LogP contribution in [0.4, 0.5) is 13.2 Å². The third-order valence-electron chi connectivity index (χ3n) is 7.35. The molecule has 0 fully saturated rings. The average molecular weight is 454 g/mol. The molecule has 0 aliphatic heterocycles. The number of pyridine rings is 1. The number of rotatable bonds is 0. The van der Waals surface area contributed by atoms with Gasteiger partial charge in [-0.2, -0.15) is 13.2 Å². The van der Waals surface area contributed by atoms with Gasteiger partial charge in [-0.15, -0.1) is 0 Å². The van der Waals surface area contributed by atoms with Crippen LogP contribution in [0.5, 0.6) is 0 Å².